The van der Waals surface area contributed by atoms with Crippen LogP contribution in [-0.2, 0) is 16.0 Å². The van der Waals surface area contributed by atoms with Crippen LogP contribution < -0.4 is 16.0 Å². The summed E-state index contributed by atoms with van der Waals surface area (Å²) in [6.07, 6.45) is 0.835. The number of rotatable bonds is 10. The van der Waals surface area contributed by atoms with E-state index in [9.17, 15) is 9.59 Å². The number of amides is 2. The monoisotopic (exact) mass is 409 g/mol. The minimum Gasteiger partial charge on any atom is -0.346 e. The Labute approximate surface area is 180 Å². The molecule has 0 aliphatic heterocycles. The summed E-state index contributed by atoms with van der Waals surface area (Å²) in [6.45, 7) is 10.8. The lowest BCUT2D eigenvalue weighted by molar-refractivity contribution is -0.123. The molecule has 2 amide bonds. The van der Waals surface area contributed by atoms with E-state index in [1.54, 1.807) is 0 Å². The summed E-state index contributed by atoms with van der Waals surface area (Å²) in [5, 5.41) is 8.89. The summed E-state index contributed by atoms with van der Waals surface area (Å²) in [7, 11) is 0. The second kappa shape index (κ2) is 11.5. The maximum Gasteiger partial charge on any atom is 0.243 e. The number of carbonyl (C=O) groups is 2. The van der Waals surface area contributed by atoms with Gasteiger partial charge in [-0.1, -0.05) is 77.1 Å². The van der Waals surface area contributed by atoms with Crippen molar-refractivity contribution in [3.8, 4) is 0 Å². The molecule has 30 heavy (non-hydrogen) atoms. The van der Waals surface area contributed by atoms with Crippen molar-refractivity contribution in [3.05, 3.63) is 65.2 Å². The Morgan fingerprint density at radius 2 is 1.47 bits per heavy atom. The van der Waals surface area contributed by atoms with E-state index < -0.39 is 0 Å². The lowest BCUT2D eigenvalue weighted by Crippen LogP contribution is -2.40. The van der Waals surface area contributed by atoms with Crippen LogP contribution in [0.2, 0.25) is 0 Å². The van der Waals surface area contributed by atoms with Crippen molar-refractivity contribution in [1.29, 1.82) is 0 Å². The van der Waals surface area contributed by atoms with Crippen LogP contribution >= 0.6 is 0 Å². The van der Waals surface area contributed by atoms with Crippen molar-refractivity contribution < 1.29 is 9.59 Å². The Hall–Kier alpha value is -2.66. The van der Waals surface area contributed by atoms with Crippen LogP contribution in [0.5, 0.6) is 0 Å². The highest BCUT2D eigenvalue weighted by atomic mass is 16.2. The van der Waals surface area contributed by atoms with Gasteiger partial charge in [0.05, 0.1) is 13.1 Å². The highest BCUT2D eigenvalue weighted by molar-refractivity contribution is 5.95. The van der Waals surface area contributed by atoms with Crippen molar-refractivity contribution in [1.82, 2.24) is 10.6 Å². The zero-order chi connectivity index (χ0) is 22.1. The summed E-state index contributed by atoms with van der Waals surface area (Å²) < 4.78 is 0. The maximum absolute atomic E-state index is 12.3. The normalized spacial score (nSPS) is 12.1. The van der Waals surface area contributed by atoms with Crippen LogP contribution in [0.25, 0.3) is 0 Å². The van der Waals surface area contributed by atoms with E-state index in [2.05, 4.69) is 67.9 Å². The fourth-order valence-corrected chi connectivity index (χ4v) is 3.42. The van der Waals surface area contributed by atoms with Gasteiger partial charge >= 0.3 is 0 Å². The number of anilines is 1. The first-order chi connectivity index (χ1) is 14.3. The standard InChI is InChI=1S/C25H35N3O2/c1-6-19-9-7-8-10-22(19)28-24(30)16-26-23(29)15-27-25(18(4)5)21-13-11-20(12-14-21)17(2)3/h7-14,17-18,25,27H,6,15-16H2,1-5H3,(H,26,29)(H,28,30)/t25-/m1/s1. The van der Waals surface area contributed by atoms with Gasteiger partial charge in [-0.25, -0.2) is 0 Å². The summed E-state index contributed by atoms with van der Waals surface area (Å²) in [5.74, 6) is 0.398. The highest BCUT2D eigenvalue weighted by Crippen LogP contribution is 2.24. The first-order valence-electron chi connectivity index (χ1n) is 10.8. The van der Waals surface area contributed by atoms with Gasteiger partial charge < -0.3 is 16.0 Å². The molecule has 5 nitrogen and oxygen atoms in total. The van der Waals surface area contributed by atoms with Gasteiger partial charge in [0, 0.05) is 11.7 Å². The molecule has 5 heteroatoms. The second-order valence-electron chi connectivity index (χ2n) is 8.26. The molecule has 0 spiro atoms. The molecule has 0 fully saturated rings. The molecule has 2 rings (SSSR count). The zero-order valence-electron chi connectivity index (χ0n) is 18.8. The lowest BCUT2D eigenvalue weighted by Gasteiger charge is -2.23. The number of hydrogen-bond acceptors (Lipinski definition) is 3. The van der Waals surface area contributed by atoms with E-state index in [0.717, 1.165) is 23.2 Å². The van der Waals surface area contributed by atoms with Crippen LogP contribution in [-0.4, -0.2) is 24.9 Å². The Morgan fingerprint density at radius 3 is 2.07 bits per heavy atom. The number of nitrogens with one attached hydrogen (secondary N) is 3. The third kappa shape index (κ3) is 6.99. The molecule has 0 aliphatic carbocycles. The third-order valence-corrected chi connectivity index (χ3v) is 5.23. The Kier molecular flexibility index (Phi) is 9.06. The van der Waals surface area contributed by atoms with Gasteiger partial charge in [-0.3, -0.25) is 9.59 Å². The van der Waals surface area contributed by atoms with E-state index in [4.69, 9.17) is 0 Å². The topological polar surface area (TPSA) is 70.2 Å². The summed E-state index contributed by atoms with van der Waals surface area (Å²) in [5.41, 5.74) is 4.33. The summed E-state index contributed by atoms with van der Waals surface area (Å²) >= 11 is 0. The van der Waals surface area contributed by atoms with Gasteiger partial charge in [0.1, 0.15) is 0 Å². The SMILES string of the molecule is CCc1ccccc1NC(=O)CNC(=O)CN[C@@H](c1ccc(C(C)C)cc1)C(C)C. The van der Waals surface area contributed by atoms with Crippen LogP contribution in [0.3, 0.4) is 0 Å². The van der Waals surface area contributed by atoms with Gasteiger partial charge in [0.2, 0.25) is 11.8 Å². The van der Waals surface area contributed by atoms with E-state index in [-0.39, 0.29) is 30.9 Å². The van der Waals surface area contributed by atoms with Crippen LogP contribution in [0.4, 0.5) is 5.69 Å². The third-order valence-electron chi connectivity index (χ3n) is 5.23. The van der Waals surface area contributed by atoms with E-state index in [1.807, 2.05) is 31.2 Å². The molecule has 0 unspecified atom stereocenters. The smallest absolute Gasteiger partial charge is 0.243 e. The predicted octanol–water partition coefficient (Wildman–Crippen LogP) is 4.41. The number of aryl methyl sites for hydroxylation is 1. The Bertz CT molecular complexity index is 829. The largest absolute Gasteiger partial charge is 0.346 e. The molecule has 2 aromatic rings. The molecule has 2 aromatic carbocycles. The van der Waals surface area contributed by atoms with Gasteiger partial charge in [0.25, 0.3) is 0 Å². The fraction of sp³-hybridized carbons (Fsp3) is 0.440. The molecule has 0 bridgehead atoms. The molecular formula is C25H35N3O2. The Morgan fingerprint density at radius 1 is 0.833 bits per heavy atom. The summed E-state index contributed by atoms with van der Waals surface area (Å²) in [4.78, 5) is 24.5. The molecule has 1 atom stereocenters. The first-order valence-corrected chi connectivity index (χ1v) is 10.8. The van der Waals surface area contributed by atoms with Gasteiger partial charge in [-0.2, -0.15) is 0 Å². The van der Waals surface area contributed by atoms with Crippen molar-refractivity contribution in [2.75, 3.05) is 18.4 Å². The lowest BCUT2D eigenvalue weighted by atomic mass is 9.93. The van der Waals surface area contributed by atoms with E-state index in [1.165, 1.54) is 5.56 Å². The highest BCUT2D eigenvalue weighted by Gasteiger charge is 2.17. The van der Waals surface area contributed by atoms with Gasteiger partial charge in [0.15, 0.2) is 0 Å². The van der Waals surface area contributed by atoms with Crippen LogP contribution in [0.1, 0.15) is 63.3 Å². The van der Waals surface area contributed by atoms with Crippen LogP contribution in [0, 0.1) is 5.92 Å². The van der Waals surface area contributed by atoms with Crippen LogP contribution in [0.15, 0.2) is 48.5 Å². The quantitative estimate of drug-likeness (QED) is 0.544. The number of carbonyl (C=O) groups excluding carboxylic acids is 2. The molecule has 162 valence electrons. The molecule has 0 saturated heterocycles. The van der Waals surface area contributed by atoms with E-state index >= 15 is 0 Å². The molecule has 0 aromatic heterocycles. The molecular weight excluding hydrogens is 374 g/mol. The minimum atomic E-state index is -0.228. The first kappa shape index (κ1) is 23.6. The maximum atomic E-state index is 12.3. The Balaban J connectivity index is 1.85. The zero-order valence-corrected chi connectivity index (χ0v) is 18.8. The van der Waals surface area contributed by atoms with Crippen molar-refractivity contribution in [2.24, 2.45) is 5.92 Å². The fourth-order valence-electron chi connectivity index (χ4n) is 3.42. The second-order valence-corrected chi connectivity index (χ2v) is 8.26. The molecule has 0 radical (unpaired) electrons. The summed E-state index contributed by atoms with van der Waals surface area (Å²) in [6, 6.07) is 16.3. The van der Waals surface area contributed by atoms with Crippen molar-refractivity contribution in [3.63, 3.8) is 0 Å². The number of para-hydroxylation sites is 1. The van der Waals surface area contributed by atoms with Gasteiger partial charge in [-0.05, 0) is 41.0 Å². The molecule has 0 aliphatic rings. The predicted molar refractivity (Wildman–Crippen MR) is 124 cm³/mol. The van der Waals surface area contributed by atoms with E-state index in [0.29, 0.717) is 11.8 Å². The molecule has 3 N–H and O–H groups in total. The average Bonchev–Trinajstić information content (AvgIpc) is 2.73. The van der Waals surface area contributed by atoms with Crippen molar-refractivity contribution in [2.45, 2.75) is 53.0 Å². The number of hydrogen-bond donors (Lipinski definition) is 3. The van der Waals surface area contributed by atoms with Gasteiger partial charge in [-0.15, -0.1) is 0 Å². The molecule has 0 saturated carbocycles. The minimum absolute atomic E-state index is 0.0476. The average molecular weight is 410 g/mol. The van der Waals surface area contributed by atoms with Crippen molar-refractivity contribution >= 4 is 17.5 Å². The number of benzene rings is 2. The molecule has 0 heterocycles.